The molecule has 0 N–H and O–H groups in total. The predicted molar refractivity (Wildman–Crippen MR) is 166 cm³/mol. The van der Waals surface area contributed by atoms with Crippen molar-refractivity contribution in [2.75, 3.05) is 0 Å². The van der Waals surface area contributed by atoms with Crippen molar-refractivity contribution >= 4 is 57.8 Å². The Bertz CT molecular complexity index is 1680. The molecule has 2 saturated heterocycles. The molecule has 8 heteroatoms. The van der Waals surface area contributed by atoms with Gasteiger partial charge < -0.3 is 23.0 Å². The molecule has 3 heterocycles. The Labute approximate surface area is 241 Å². The third-order valence-electron chi connectivity index (χ3n) is 9.55. The van der Waals surface area contributed by atoms with Crippen LogP contribution in [-0.2, 0) is 18.6 Å². The first-order valence-corrected chi connectivity index (χ1v) is 14.3. The van der Waals surface area contributed by atoms with Gasteiger partial charge in [-0.3, -0.25) is 0 Å². The van der Waals surface area contributed by atoms with Crippen molar-refractivity contribution in [3.63, 3.8) is 0 Å². The second-order valence-electron chi connectivity index (χ2n) is 13.4. The minimum Gasteiger partial charge on any atom is -0.435 e. The Morgan fingerprint density at radius 1 is 0.537 bits per heavy atom. The van der Waals surface area contributed by atoms with E-state index in [1.54, 1.807) is 0 Å². The zero-order valence-electron chi connectivity index (χ0n) is 25.0. The van der Waals surface area contributed by atoms with Crippen molar-refractivity contribution in [3.05, 3.63) is 66.7 Å². The zero-order valence-corrected chi connectivity index (χ0v) is 25.0. The summed E-state index contributed by atoms with van der Waals surface area (Å²) in [5.41, 5.74) is 2.24. The molecule has 0 bridgehead atoms. The molecule has 0 radical (unpaired) electrons. The molecule has 208 valence electrons. The molecular formula is C33H35B2NO5. The van der Waals surface area contributed by atoms with E-state index in [2.05, 4.69) is 97.9 Å². The van der Waals surface area contributed by atoms with Crippen LogP contribution in [-0.4, -0.2) is 41.6 Å². The number of fused-ring (bicyclic) bond motifs is 6. The predicted octanol–water partition coefficient (Wildman–Crippen LogP) is 6.40. The minimum absolute atomic E-state index is 0.479. The Balaban J connectivity index is 1.43. The summed E-state index contributed by atoms with van der Waals surface area (Å²) >= 11 is 0. The van der Waals surface area contributed by atoms with Crippen LogP contribution in [0.3, 0.4) is 0 Å². The monoisotopic (exact) mass is 547 g/mol. The lowest BCUT2D eigenvalue weighted by molar-refractivity contribution is 0.00578. The van der Waals surface area contributed by atoms with Gasteiger partial charge in [-0.05, 0) is 89.2 Å². The fraction of sp³-hybridized carbons (Fsp3) is 0.364. The van der Waals surface area contributed by atoms with Crippen molar-refractivity contribution < 1.29 is 23.0 Å². The first-order valence-electron chi connectivity index (χ1n) is 14.3. The van der Waals surface area contributed by atoms with E-state index in [1.165, 1.54) is 0 Å². The molecule has 0 saturated carbocycles. The van der Waals surface area contributed by atoms with Gasteiger partial charge in [0.25, 0.3) is 0 Å². The SMILES string of the molecule is CC1(C)OB(c2cc(B3OC(C)(C)C(C)(C)O3)cc(-c3nc4c5ccccc5c5ccccc5c4o3)c2)OC1(C)C. The van der Waals surface area contributed by atoms with Crippen LogP contribution in [0.1, 0.15) is 55.4 Å². The summed E-state index contributed by atoms with van der Waals surface area (Å²) in [6, 6.07) is 22.8. The number of nitrogens with zero attached hydrogens (tertiary/aromatic N) is 1. The number of aromatic nitrogens is 1. The average molecular weight is 547 g/mol. The van der Waals surface area contributed by atoms with E-state index >= 15 is 0 Å². The largest absolute Gasteiger partial charge is 0.494 e. The van der Waals surface area contributed by atoms with Crippen LogP contribution in [0, 0.1) is 0 Å². The lowest BCUT2D eigenvalue weighted by Gasteiger charge is -2.32. The van der Waals surface area contributed by atoms with Crippen molar-refractivity contribution in [3.8, 4) is 11.5 Å². The van der Waals surface area contributed by atoms with E-state index < -0.39 is 36.6 Å². The fourth-order valence-electron chi connectivity index (χ4n) is 5.68. The van der Waals surface area contributed by atoms with Gasteiger partial charge in [0.05, 0.1) is 22.4 Å². The quantitative estimate of drug-likeness (QED) is 0.193. The maximum Gasteiger partial charge on any atom is 0.494 e. The summed E-state index contributed by atoms with van der Waals surface area (Å²) in [5.74, 6) is 0.526. The van der Waals surface area contributed by atoms with Gasteiger partial charge in [-0.2, -0.15) is 0 Å². The minimum atomic E-state index is -0.563. The standard InChI is InChI=1S/C33H35B2NO5/c1-30(2)31(3,4)39-34(38-30)21-17-20(18-22(19-21)35-40-32(5,6)33(7,8)41-35)29-36-27-25-15-11-9-13-23(25)24-14-10-12-16-26(24)28(27)37-29/h9-19H,1-8H3. The molecule has 2 aliphatic rings. The molecule has 0 amide bonds. The van der Waals surface area contributed by atoms with Gasteiger partial charge in [0.2, 0.25) is 5.89 Å². The second kappa shape index (κ2) is 8.68. The van der Waals surface area contributed by atoms with Gasteiger partial charge in [-0.1, -0.05) is 54.6 Å². The summed E-state index contributed by atoms with van der Waals surface area (Å²) < 4.78 is 32.4. The van der Waals surface area contributed by atoms with Crippen LogP contribution >= 0.6 is 0 Å². The first kappa shape index (κ1) is 26.7. The highest BCUT2D eigenvalue weighted by Crippen LogP contribution is 2.40. The van der Waals surface area contributed by atoms with Crippen LogP contribution in [0.25, 0.3) is 44.1 Å². The molecule has 6 nitrogen and oxygen atoms in total. The third-order valence-corrected chi connectivity index (χ3v) is 9.55. The molecule has 0 unspecified atom stereocenters. The van der Waals surface area contributed by atoms with Crippen molar-refractivity contribution in [1.29, 1.82) is 0 Å². The molecule has 2 aliphatic heterocycles. The highest BCUT2D eigenvalue weighted by molar-refractivity contribution is 6.66. The maximum absolute atomic E-state index is 6.60. The Kier molecular flexibility index (Phi) is 5.66. The molecule has 0 spiro atoms. The van der Waals surface area contributed by atoms with Crippen LogP contribution in [0.15, 0.2) is 71.1 Å². The first-order chi connectivity index (χ1) is 19.3. The van der Waals surface area contributed by atoms with Crippen LogP contribution in [0.2, 0.25) is 0 Å². The molecule has 7 rings (SSSR count). The van der Waals surface area contributed by atoms with E-state index in [4.69, 9.17) is 28.0 Å². The van der Waals surface area contributed by atoms with Crippen LogP contribution in [0.4, 0.5) is 0 Å². The van der Waals surface area contributed by atoms with E-state index in [1.807, 2.05) is 24.3 Å². The Morgan fingerprint density at radius 2 is 0.951 bits per heavy atom. The third kappa shape index (κ3) is 4.07. The Morgan fingerprint density at radius 3 is 1.44 bits per heavy atom. The second-order valence-corrected chi connectivity index (χ2v) is 13.4. The van der Waals surface area contributed by atoms with Crippen molar-refractivity contribution in [2.24, 2.45) is 0 Å². The van der Waals surface area contributed by atoms with E-state index in [0.717, 1.165) is 49.1 Å². The van der Waals surface area contributed by atoms with Crippen molar-refractivity contribution in [1.82, 2.24) is 4.98 Å². The van der Waals surface area contributed by atoms with E-state index in [9.17, 15) is 0 Å². The summed E-state index contributed by atoms with van der Waals surface area (Å²) in [7, 11) is -1.13. The van der Waals surface area contributed by atoms with E-state index in [0.29, 0.717) is 5.89 Å². The number of benzene rings is 4. The van der Waals surface area contributed by atoms with Gasteiger partial charge in [0.1, 0.15) is 5.52 Å². The summed E-state index contributed by atoms with van der Waals surface area (Å²) in [5, 5.41) is 4.39. The van der Waals surface area contributed by atoms with E-state index in [-0.39, 0.29) is 0 Å². The molecule has 0 aliphatic carbocycles. The fourth-order valence-corrected chi connectivity index (χ4v) is 5.68. The normalized spacial score (nSPS) is 21.0. The highest BCUT2D eigenvalue weighted by atomic mass is 16.7. The number of oxazole rings is 1. The maximum atomic E-state index is 6.60. The summed E-state index contributed by atoms with van der Waals surface area (Å²) in [6.45, 7) is 16.5. The van der Waals surface area contributed by atoms with Crippen LogP contribution < -0.4 is 10.9 Å². The molecule has 5 aromatic rings. The van der Waals surface area contributed by atoms with Gasteiger partial charge in [-0.25, -0.2) is 4.98 Å². The van der Waals surface area contributed by atoms with Crippen molar-refractivity contribution in [2.45, 2.75) is 77.8 Å². The average Bonchev–Trinajstić information content (AvgIpc) is 3.53. The van der Waals surface area contributed by atoms with Crippen LogP contribution in [0.5, 0.6) is 0 Å². The van der Waals surface area contributed by atoms with Gasteiger partial charge in [0, 0.05) is 16.3 Å². The summed E-state index contributed by atoms with van der Waals surface area (Å²) in [4.78, 5) is 5.08. The molecule has 4 aromatic carbocycles. The number of rotatable bonds is 3. The van der Waals surface area contributed by atoms with Gasteiger partial charge >= 0.3 is 14.2 Å². The molecule has 0 atom stereocenters. The van der Waals surface area contributed by atoms with Gasteiger partial charge in [-0.15, -0.1) is 0 Å². The highest BCUT2D eigenvalue weighted by Gasteiger charge is 2.54. The smallest absolute Gasteiger partial charge is 0.435 e. The van der Waals surface area contributed by atoms with Gasteiger partial charge in [0.15, 0.2) is 5.58 Å². The lowest BCUT2D eigenvalue weighted by atomic mass is 9.71. The molecular weight excluding hydrogens is 512 g/mol. The molecule has 2 fully saturated rings. The zero-order chi connectivity index (χ0) is 28.9. The number of hydrogen-bond donors (Lipinski definition) is 0. The summed E-state index contributed by atoms with van der Waals surface area (Å²) in [6.07, 6.45) is 0. The topological polar surface area (TPSA) is 63.0 Å². The molecule has 41 heavy (non-hydrogen) atoms. The lowest BCUT2D eigenvalue weighted by Crippen LogP contribution is -2.41. The Hall–Kier alpha value is -3.16. The number of hydrogen-bond acceptors (Lipinski definition) is 6. The molecule has 1 aromatic heterocycles.